The van der Waals surface area contributed by atoms with E-state index in [0.717, 1.165) is 10.9 Å². The molecule has 2 N–H and O–H groups in total. The summed E-state index contributed by atoms with van der Waals surface area (Å²) in [5.74, 6) is 0.385. The van der Waals surface area contributed by atoms with Crippen molar-refractivity contribution in [1.29, 1.82) is 5.26 Å². The number of fused-ring (bicyclic) bond motifs is 1. The number of para-hydroxylation sites is 1. The molecule has 0 spiro atoms. The molecule has 0 fully saturated rings. The van der Waals surface area contributed by atoms with Gasteiger partial charge >= 0.3 is 0 Å². The molecule has 0 saturated carbocycles. The minimum absolute atomic E-state index is 0.176. The van der Waals surface area contributed by atoms with Crippen molar-refractivity contribution in [2.75, 3.05) is 7.11 Å². The fourth-order valence-electron chi connectivity index (χ4n) is 3.30. The molecule has 5 nitrogen and oxygen atoms in total. The highest BCUT2D eigenvalue weighted by Gasteiger charge is 2.42. The molecule has 27 heavy (non-hydrogen) atoms. The largest absolute Gasteiger partial charge is 0.497 e. The number of nitrogens with zero attached hydrogens (tertiary/aromatic N) is 1. The van der Waals surface area contributed by atoms with Crippen molar-refractivity contribution in [2.45, 2.75) is 11.2 Å². The van der Waals surface area contributed by atoms with Gasteiger partial charge in [-0.3, -0.25) is 4.79 Å². The number of methoxy groups -OCH3 is 1. The molecule has 2 atom stereocenters. The monoisotopic (exact) mass is 376 g/mol. The van der Waals surface area contributed by atoms with Gasteiger partial charge in [-0.25, -0.2) is 0 Å². The number of nitrogens with two attached hydrogens (primary N) is 1. The molecular formula is C21H16N2O3S. The van der Waals surface area contributed by atoms with Crippen molar-refractivity contribution in [3.63, 3.8) is 0 Å². The van der Waals surface area contributed by atoms with E-state index >= 15 is 0 Å². The number of Topliss-reactive ketones (excluding diaryl/α,β-unsaturated/α-hetero) is 1. The molecule has 4 rings (SSSR count). The lowest BCUT2D eigenvalue weighted by Crippen LogP contribution is -2.23. The second kappa shape index (κ2) is 6.86. The predicted octanol–water partition coefficient (Wildman–Crippen LogP) is 4.22. The highest BCUT2D eigenvalue weighted by Crippen LogP contribution is 2.47. The normalized spacial score (nSPS) is 19.3. The maximum absolute atomic E-state index is 13.2. The number of rotatable bonds is 4. The number of carbonyl (C=O) groups is 1. The van der Waals surface area contributed by atoms with Gasteiger partial charge in [0.2, 0.25) is 5.78 Å². The van der Waals surface area contributed by atoms with Crippen LogP contribution in [0.4, 0.5) is 0 Å². The van der Waals surface area contributed by atoms with Crippen LogP contribution in [0.2, 0.25) is 0 Å². The number of nitriles is 1. The van der Waals surface area contributed by atoms with Gasteiger partial charge in [-0.1, -0.05) is 42.1 Å². The lowest BCUT2D eigenvalue weighted by molar-refractivity contribution is 0.0961. The van der Waals surface area contributed by atoms with Gasteiger partial charge in [0.25, 0.3) is 0 Å². The Hall–Kier alpha value is -3.17. The Bertz CT molecular complexity index is 1060. The van der Waals surface area contributed by atoms with Crippen LogP contribution in [0.3, 0.4) is 0 Å². The standard InChI is InChI=1S/C21H16N2O3S/c1-25-14-8-6-12(7-9-14)18-15(11-22)21(23)27-20(18)19(24)17-10-13-4-2-3-5-16(13)26-17/h2-10,18,20H,23H2,1H3/t18-,20-/m0/s1. The summed E-state index contributed by atoms with van der Waals surface area (Å²) in [4.78, 5) is 13.2. The van der Waals surface area contributed by atoms with E-state index in [1.807, 2.05) is 48.5 Å². The maximum Gasteiger partial charge on any atom is 0.212 e. The minimum atomic E-state index is -0.548. The van der Waals surface area contributed by atoms with E-state index < -0.39 is 11.2 Å². The van der Waals surface area contributed by atoms with Crippen molar-refractivity contribution >= 4 is 28.5 Å². The molecule has 0 radical (unpaired) electrons. The van der Waals surface area contributed by atoms with Crippen LogP contribution in [0.15, 0.2) is 69.6 Å². The van der Waals surface area contributed by atoms with Crippen molar-refractivity contribution in [3.8, 4) is 11.8 Å². The van der Waals surface area contributed by atoms with Crippen LogP contribution in [0.5, 0.6) is 5.75 Å². The number of furan rings is 1. The molecule has 1 aliphatic rings. The van der Waals surface area contributed by atoms with Gasteiger partial charge in [0.05, 0.1) is 29.0 Å². The van der Waals surface area contributed by atoms with Gasteiger partial charge in [0, 0.05) is 11.3 Å². The van der Waals surface area contributed by atoms with E-state index in [1.54, 1.807) is 13.2 Å². The van der Waals surface area contributed by atoms with Crippen molar-refractivity contribution in [3.05, 3.63) is 76.5 Å². The van der Waals surface area contributed by atoms with Crippen LogP contribution < -0.4 is 10.5 Å². The fraction of sp³-hybridized carbons (Fsp3) is 0.143. The second-order valence-electron chi connectivity index (χ2n) is 6.19. The van der Waals surface area contributed by atoms with Crippen LogP contribution in [-0.4, -0.2) is 18.1 Å². The van der Waals surface area contributed by atoms with Gasteiger partial charge in [-0.2, -0.15) is 5.26 Å². The summed E-state index contributed by atoms with van der Waals surface area (Å²) in [6.07, 6.45) is 0. The molecule has 6 heteroatoms. The number of hydrogen-bond donors (Lipinski definition) is 1. The van der Waals surface area contributed by atoms with Gasteiger partial charge in [0.1, 0.15) is 11.3 Å². The summed E-state index contributed by atoms with van der Waals surface area (Å²) in [6.45, 7) is 0. The summed E-state index contributed by atoms with van der Waals surface area (Å²) in [6, 6.07) is 18.7. The molecule has 134 valence electrons. The summed E-state index contributed by atoms with van der Waals surface area (Å²) in [5, 5.41) is 10.3. The third kappa shape index (κ3) is 2.96. The summed E-state index contributed by atoms with van der Waals surface area (Å²) in [7, 11) is 1.59. The Balaban J connectivity index is 1.73. The Kier molecular flexibility index (Phi) is 4.38. The Morgan fingerprint density at radius 3 is 2.63 bits per heavy atom. The number of ether oxygens (including phenoxy) is 1. The van der Waals surface area contributed by atoms with E-state index in [0.29, 0.717) is 21.9 Å². The van der Waals surface area contributed by atoms with Gasteiger partial charge in [-0.15, -0.1) is 0 Å². The second-order valence-corrected chi connectivity index (χ2v) is 7.38. The molecular weight excluding hydrogens is 360 g/mol. The molecule has 0 unspecified atom stereocenters. The third-order valence-corrected chi connectivity index (χ3v) is 5.87. The van der Waals surface area contributed by atoms with Crippen LogP contribution in [0.1, 0.15) is 22.0 Å². The Labute approximate surface area is 160 Å². The van der Waals surface area contributed by atoms with Gasteiger partial charge in [-0.05, 0) is 29.8 Å². The first-order chi connectivity index (χ1) is 13.1. The van der Waals surface area contributed by atoms with Gasteiger partial charge < -0.3 is 14.9 Å². The van der Waals surface area contributed by atoms with Crippen molar-refractivity contribution in [1.82, 2.24) is 0 Å². The minimum Gasteiger partial charge on any atom is -0.497 e. The molecule has 3 aromatic rings. The average molecular weight is 376 g/mol. The Morgan fingerprint density at radius 2 is 1.96 bits per heavy atom. The number of allylic oxidation sites excluding steroid dienone is 1. The van der Waals surface area contributed by atoms with Crippen LogP contribution in [0, 0.1) is 11.3 Å². The van der Waals surface area contributed by atoms with E-state index in [4.69, 9.17) is 14.9 Å². The lowest BCUT2D eigenvalue weighted by Gasteiger charge is -2.18. The average Bonchev–Trinajstić information content (AvgIpc) is 3.28. The molecule has 0 bridgehead atoms. The van der Waals surface area contributed by atoms with E-state index in [2.05, 4.69) is 6.07 Å². The van der Waals surface area contributed by atoms with Crippen LogP contribution in [-0.2, 0) is 0 Å². The van der Waals surface area contributed by atoms with E-state index in [1.165, 1.54) is 11.8 Å². The molecule has 0 saturated heterocycles. The van der Waals surface area contributed by atoms with E-state index in [-0.39, 0.29) is 11.5 Å². The third-order valence-electron chi connectivity index (χ3n) is 4.66. The van der Waals surface area contributed by atoms with Crippen LogP contribution in [0.25, 0.3) is 11.0 Å². The first kappa shape index (κ1) is 17.3. The first-order valence-corrected chi connectivity index (χ1v) is 9.23. The zero-order chi connectivity index (χ0) is 19.0. The SMILES string of the molecule is COc1ccc([C@H]2C(C#N)=C(N)S[C@@H]2C(=O)c2cc3ccccc3o2)cc1. The number of ketones is 1. The summed E-state index contributed by atoms with van der Waals surface area (Å²) in [5.41, 5.74) is 7.98. The zero-order valence-electron chi connectivity index (χ0n) is 14.5. The molecule has 1 aliphatic heterocycles. The lowest BCUT2D eigenvalue weighted by atomic mass is 9.87. The molecule has 2 aromatic carbocycles. The molecule has 0 aliphatic carbocycles. The van der Waals surface area contributed by atoms with Crippen molar-refractivity contribution in [2.24, 2.45) is 5.73 Å². The number of thioether (sulfide) groups is 1. The summed E-state index contributed by atoms with van der Waals surface area (Å²) < 4.78 is 10.9. The molecule has 2 heterocycles. The number of hydrogen-bond acceptors (Lipinski definition) is 6. The fourth-order valence-corrected chi connectivity index (χ4v) is 4.52. The molecule has 0 amide bonds. The predicted molar refractivity (Wildman–Crippen MR) is 104 cm³/mol. The number of benzene rings is 2. The van der Waals surface area contributed by atoms with E-state index in [9.17, 15) is 10.1 Å². The van der Waals surface area contributed by atoms with Crippen molar-refractivity contribution < 1.29 is 13.9 Å². The quantitative estimate of drug-likeness (QED) is 0.686. The maximum atomic E-state index is 13.2. The Morgan fingerprint density at radius 1 is 1.22 bits per heavy atom. The van der Waals surface area contributed by atoms with Crippen LogP contribution >= 0.6 is 11.8 Å². The first-order valence-electron chi connectivity index (χ1n) is 8.35. The highest BCUT2D eigenvalue weighted by atomic mass is 32.2. The zero-order valence-corrected chi connectivity index (χ0v) is 15.3. The summed E-state index contributed by atoms with van der Waals surface area (Å²) >= 11 is 1.22. The van der Waals surface area contributed by atoms with Gasteiger partial charge in [0.15, 0.2) is 5.76 Å². The molecule has 1 aromatic heterocycles. The topological polar surface area (TPSA) is 89.2 Å². The smallest absolute Gasteiger partial charge is 0.212 e. The number of carbonyl (C=O) groups excluding carboxylic acids is 1. The highest BCUT2D eigenvalue weighted by molar-refractivity contribution is 8.04.